The van der Waals surface area contributed by atoms with E-state index in [1.807, 2.05) is 26.1 Å². The van der Waals surface area contributed by atoms with Crippen LogP contribution in [0.5, 0.6) is 11.6 Å². The molecule has 0 aliphatic rings. The van der Waals surface area contributed by atoms with Crippen molar-refractivity contribution in [1.29, 1.82) is 0 Å². The van der Waals surface area contributed by atoms with Crippen LogP contribution in [0.1, 0.15) is 45.2 Å². The van der Waals surface area contributed by atoms with Crippen LogP contribution < -0.4 is 14.8 Å². The number of hydrogen-bond acceptors (Lipinski definition) is 5. The highest BCUT2D eigenvalue weighted by Gasteiger charge is 2.18. The quantitative estimate of drug-likeness (QED) is 0.624. The topological polar surface area (TPSA) is 56.3 Å². The average Bonchev–Trinajstić information content (AvgIpc) is 2.62. The second-order valence-corrected chi connectivity index (χ2v) is 6.63. The van der Waals surface area contributed by atoms with Crippen LogP contribution in [0.15, 0.2) is 18.2 Å². The monoisotopic (exact) mass is 377 g/mol. The van der Waals surface area contributed by atoms with E-state index in [4.69, 9.17) is 26.1 Å². The Kier molecular flexibility index (Phi) is 7.51. The van der Waals surface area contributed by atoms with Gasteiger partial charge >= 0.3 is 0 Å². The Morgan fingerprint density at radius 2 is 1.85 bits per heavy atom. The van der Waals surface area contributed by atoms with Gasteiger partial charge in [0.2, 0.25) is 0 Å². The molecule has 0 bridgehead atoms. The van der Waals surface area contributed by atoms with Crippen molar-refractivity contribution in [2.75, 3.05) is 19.5 Å². The van der Waals surface area contributed by atoms with Gasteiger partial charge in [-0.3, -0.25) is 0 Å². The summed E-state index contributed by atoms with van der Waals surface area (Å²) in [6, 6.07) is 5.54. The minimum atomic E-state index is 0.154. The molecule has 1 heterocycles. The molecule has 0 saturated carbocycles. The second kappa shape index (κ2) is 9.62. The summed E-state index contributed by atoms with van der Waals surface area (Å²) in [7, 11) is 3.44. The number of aryl methyl sites for hydroxylation is 1. The van der Waals surface area contributed by atoms with Gasteiger partial charge in [-0.15, -0.1) is 0 Å². The molecule has 0 saturated heterocycles. The van der Waals surface area contributed by atoms with E-state index in [9.17, 15) is 0 Å². The van der Waals surface area contributed by atoms with Gasteiger partial charge in [0.25, 0.3) is 5.88 Å². The fourth-order valence-electron chi connectivity index (χ4n) is 2.88. The zero-order valence-electron chi connectivity index (χ0n) is 16.2. The number of rotatable bonds is 9. The first-order chi connectivity index (χ1) is 12.5. The van der Waals surface area contributed by atoms with Crippen molar-refractivity contribution in [2.24, 2.45) is 0 Å². The third-order valence-electron chi connectivity index (χ3n) is 4.21. The fraction of sp³-hybridized carbons (Fsp3) is 0.500. The number of halogens is 1. The highest BCUT2D eigenvalue weighted by Crippen LogP contribution is 2.34. The predicted molar refractivity (Wildman–Crippen MR) is 108 cm³/mol. The van der Waals surface area contributed by atoms with Crippen molar-refractivity contribution in [3.63, 3.8) is 0 Å². The molecular weight excluding hydrogens is 350 g/mol. The first-order valence-corrected chi connectivity index (χ1v) is 9.48. The summed E-state index contributed by atoms with van der Waals surface area (Å²) in [6.07, 6.45) is 4.31. The van der Waals surface area contributed by atoms with Crippen molar-refractivity contribution in [3.05, 3.63) is 28.9 Å². The summed E-state index contributed by atoms with van der Waals surface area (Å²) in [5.74, 6) is 1.88. The average molecular weight is 378 g/mol. The Labute approximate surface area is 161 Å². The van der Waals surface area contributed by atoms with Gasteiger partial charge in [-0.05, 0) is 38.0 Å². The Morgan fingerprint density at radius 3 is 2.38 bits per heavy atom. The van der Waals surface area contributed by atoms with Gasteiger partial charge in [-0.2, -0.15) is 0 Å². The summed E-state index contributed by atoms with van der Waals surface area (Å²) in [4.78, 5) is 9.40. The zero-order chi connectivity index (χ0) is 19.1. The molecule has 0 radical (unpaired) electrons. The number of hydrogen-bond donors (Lipinski definition) is 1. The Morgan fingerprint density at radius 1 is 1.15 bits per heavy atom. The maximum atomic E-state index is 6.42. The third-order valence-corrected chi connectivity index (χ3v) is 4.52. The molecule has 0 unspecified atom stereocenters. The highest BCUT2D eigenvalue weighted by atomic mass is 35.5. The van der Waals surface area contributed by atoms with Crippen molar-refractivity contribution in [3.8, 4) is 22.9 Å². The summed E-state index contributed by atoms with van der Waals surface area (Å²) in [5, 5.41) is 3.67. The molecule has 26 heavy (non-hydrogen) atoms. The number of anilines is 1. The van der Waals surface area contributed by atoms with E-state index in [1.165, 1.54) is 0 Å². The molecule has 0 spiro atoms. The van der Waals surface area contributed by atoms with Crippen LogP contribution in [0.3, 0.4) is 0 Å². The molecule has 2 aromatic rings. The van der Waals surface area contributed by atoms with Crippen LogP contribution in [0.2, 0.25) is 5.02 Å². The van der Waals surface area contributed by atoms with E-state index < -0.39 is 0 Å². The van der Waals surface area contributed by atoms with Crippen LogP contribution in [0.4, 0.5) is 5.82 Å². The normalized spacial score (nSPS) is 10.9. The lowest BCUT2D eigenvalue weighted by molar-refractivity contribution is 0.172. The molecule has 0 atom stereocenters. The van der Waals surface area contributed by atoms with Crippen LogP contribution >= 0.6 is 11.6 Å². The number of ether oxygens (including phenoxy) is 2. The molecule has 2 rings (SSSR count). The van der Waals surface area contributed by atoms with Crippen LogP contribution in [-0.2, 0) is 0 Å². The minimum absolute atomic E-state index is 0.154. The standard InChI is InChI=1S/C20H28ClN3O2/c1-6-8-14(9-7-2)26-20-19(22-4)24-18(13(3)23-20)16-11-10-15(25-5)12-17(16)21/h10-12,14H,6-9H2,1-5H3,(H,22,24). The Balaban J connectivity index is 2.40. The highest BCUT2D eigenvalue weighted by molar-refractivity contribution is 6.33. The van der Waals surface area contributed by atoms with Crippen LogP contribution in [0, 0.1) is 6.92 Å². The summed E-state index contributed by atoms with van der Waals surface area (Å²) in [5.41, 5.74) is 2.33. The first kappa shape index (κ1) is 20.3. The van der Waals surface area contributed by atoms with Gasteiger partial charge < -0.3 is 14.8 Å². The lowest BCUT2D eigenvalue weighted by Crippen LogP contribution is -2.18. The second-order valence-electron chi connectivity index (χ2n) is 6.22. The van der Waals surface area contributed by atoms with E-state index in [2.05, 4.69) is 24.1 Å². The minimum Gasteiger partial charge on any atom is -0.497 e. The van der Waals surface area contributed by atoms with Crippen molar-refractivity contribution < 1.29 is 9.47 Å². The molecule has 6 heteroatoms. The summed E-state index contributed by atoms with van der Waals surface area (Å²) in [6.45, 7) is 6.25. The van der Waals surface area contributed by atoms with E-state index in [-0.39, 0.29) is 6.10 Å². The van der Waals surface area contributed by atoms with Gasteiger partial charge in [0, 0.05) is 12.6 Å². The maximum absolute atomic E-state index is 6.42. The molecule has 1 N–H and O–H groups in total. The smallest absolute Gasteiger partial charge is 0.257 e. The van der Waals surface area contributed by atoms with Crippen LogP contribution in [0.25, 0.3) is 11.3 Å². The zero-order valence-corrected chi connectivity index (χ0v) is 17.0. The lowest BCUT2D eigenvalue weighted by Gasteiger charge is -2.20. The fourth-order valence-corrected chi connectivity index (χ4v) is 3.14. The number of benzene rings is 1. The molecule has 0 fully saturated rings. The van der Waals surface area contributed by atoms with Gasteiger partial charge in [0.1, 0.15) is 11.9 Å². The maximum Gasteiger partial charge on any atom is 0.257 e. The van der Waals surface area contributed by atoms with Crippen LogP contribution in [-0.4, -0.2) is 30.2 Å². The molecule has 5 nitrogen and oxygen atoms in total. The van der Waals surface area contributed by atoms with Gasteiger partial charge in [-0.25, -0.2) is 9.97 Å². The van der Waals surface area contributed by atoms with Gasteiger partial charge in [0.15, 0.2) is 5.82 Å². The Bertz CT molecular complexity index is 731. The molecule has 0 amide bonds. The van der Waals surface area contributed by atoms with Gasteiger partial charge in [-0.1, -0.05) is 38.3 Å². The molecular formula is C20H28ClN3O2. The molecule has 1 aromatic carbocycles. The summed E-state index contributed by atoms with van der Waals surface area (Å²) >= 11 is 6.42. The first-order valence-electron chi connectivity index (χ1n) is 9.10. The van der Waals surface area contributed by atoms with E-state index in [0.29, 0.717) is 22.5 Å². The SMILES string of the molecule is CCCC(CCC)Oc1nc(C)c(-c2ccc(OC)cc2Cl)nc1NC. The Hall–Kier alpha value is -2.01. The van der Waals surface area contributed by atoms with E-state index in [1.54, 1.807) is 13.2 Å². The number of aromatic nitrogens is 2. The number of nitrogens with zero attached hydrogens (tertiary/aromatic N) is 2. The van der Waals surface area contributed by atoms with E-state index in [0.717, 1.165) is 42.6 Å². The largest absolute Gasteiger partial charge is 0.497 e. The van der Waals surface area contributed by atoms with Crippen molar-refractivity contribution in [1.82, 2.24) is 9.97 Å². The number of methoxy groups -OCH3 is 1. The van der Waals surface area contributed by atoms with Crippen molar-refractivity contribution in [2.45, 2.75) is 52.6 Å². The lowest BCUT2D eigenvalue weighted by atomic mass is 10.1. The molecule has 0 aliphatic heterocycles. The van der Waals surface area contributed by atoms with E-state index >= 15 is 0 Å². The van der Waals surface area contributed by atoms with Crippen molar-refractivity contribution >= 4 is 17.4 Å². The third kappa shape index (κ3) is 4.79. The molecule has 1 aromatic heterocycles. The molecule has 142 valence electrons. The predicted octanol–water partition coefficient (Wildman–Crippen LogP) is 5.50. The molecule has 0 aliphatic carbocycles. The summed E-state index contributed by atoms with van der Waals surface area (Å²) < 4.78 is 11.4. The van der Waals surface area contributed by atoms with Gasteiger partial charge in [0.05, 0.1) is 23.5 Å². The number of nitrogens with one attached hydrogen (secondary N) is 1.